The van der Waals surface area contributed by atoms with E-state index in [1.165, 1.54) is 3.57 Å². The van der Waals surface area contributed by atoms with E-state index in [2.05, 4.69) is 53.4 Å². The van der Waals surface area contributed by atoms with Gasteiger partial charge in [0.05, 0.1) is 11.4 Å². The minimum atomic E-state index is -1.76. The molecular weight excluding hydrogens is 613 g/mol. The number of nitrogens with one attached hydrogen (secondary N) is 1. The van der Waals surface area contributed by atoms with Crippen LogP contribution in [-0.4, -0.2) is 4.43 Å². The fourth-order valence-corrected chi connectivity index (χ4v) is 8.18. The maximum absolute atomic E-state index is 6.54. The first-order valence-electron chi connectivity index (χ1n) is 12.8. The van der Waals surface area contributed by atoms with Crippen molar-refractivity contribution in [1.29, 1.82) is 0 Å². The van der Waals surface area contributed by atoms with Crippen LogP contribution in [0.1, 0.15) is 23.6 Å². The van der Waals surface area contributed by atoms with Gasteiger partial charge in [-0.1, -0.05) is 0 Å². The molecule has 0 aromatic heterocycles. The zero-order valence-corrected chi connectivity index (χ0v) is 25.3. The van der Waals surface area contributed by atoms with Gasteiger partial charge in [0.1, 0.15) is 5.75 Å². The topological polar surface area (TPSA) is 177 Å². The van der Waals surface area contributed by atoms with Crippen LogP contribution < -0.4 is 42.7 Å². The summed E-state index contributed by atoms with van der Waals surface area (Å²) in [7, 11) is 0. The van der Waals surface area contributed by atoms with Gasteiger partial charge in [0, 0.05) is 6.07 Å². The van der Waals surface area contributed by atoms with Crippen molar-refractivity contribution in [2.75, 3.05) is 27.4 Å². The van der Waals surface area contributed by atoms with Crippen molar-refractivity contribution in [2.45, 2.75) is 26.6 Å². The Balaban J connectivity index is 1.62. The molecule has 4 rings (SSSR count). The van der Waals surface area contributed by atoms with Gasteiger partial charge < -0.3 is 16.2 Å². The third-order valence-electron chi connectivity index (χ3n) is 6.79. The van der Waals surface area contributed by atoms with Crippen molar-refractivity contribution < 1.29 is 4.74 Å². The maximum atomic E-state index is 6.54. The quantitative estimate of drug-likeness (QED) is 0.0413. The molecule has 9 heteroatoms. The van der Waals surface area contributed by atoms with Crippen LogP contribution in [0.25, 0.3) is 22.3 Å². The van der Waals surface area contributed by atoms with Crippen LogP contribution in [0.3, 0.4) is 0 Å². The van der Waals surface area contributed by atoms with Crippen LogP contribution in [0.4, 0.5) is 22.7 Å². The number of nitrogens with two attached hydrogens (primary N) is 6. The summed E-state index contributed by atoms with van der Waals surface area (Å²) in [6.45, 7) is 9.73. The van der Waals surface area contributed by atoms with Crippen molar-refractivity contribution in [1.82, 2.24) is 3.53 Å². The van der Waals surface area contributed by atoms with E-state index in [1.54, 1.807) is 18.3 Å². The Hall–Kier alpha value is -3.93. The molecule has 210 valence electrons. The van der Waals surface area contributed by atoms with Gasteiger partial charge in [-0.05, 0) is 18.6 Å². The number of anilines is 4. The number of rotatable bonds is 9. The molecule has 13 N–H and O–H groups in total. The summed E-state index contributed by atoms with van der Waals surface area (Å²) in [5, 5.41) is 0. The summed E-state index contributed by atoms with van der Waals surface area (Å²) in [5.41, 5.74) is 45.3. The van der Waals surface area contributed by atoms with Crippen LogP contribution in [0, 0.1) is 17.4 Å². The number of hydrogen-bond donors (Lipinski definition) is 7. The van der Waals surface area contributed by atoms with E-state index in [-0.39, 0.29) is 5.69 Å². The molecule has 4 aromatic rings. The van der Waals surface area contributed by atoms with Crippen LogP contribution in [0.5, 0.6) is 5.75 Å². The molecular formula is C31H38IN7O. The molecule has 0 saturated carbocycles. The van der Waals surface area contributed by atoms with Crippen LogP contribution in [0.15, 0.2) is 79.5 Å². The molecule has 4 aromatic carbocycles. The average Bonchev–Trinajstić information content (AvgIpc) is 2.92. The van der Waals surface area contributed by atoms with E-state index in [4.69, 9.17) is 39.1 Å². The summed E-state index contributed by atoms with van der Waals surface area (Å²) in [4.78, 5) is 0. The second-order valence-corrected chi connectivity index (χ2v) is 15.1. The number of aryl methyl sites for hydroxylation is 2. The number of alkyl halides is 1. The predicted molar refractivity (Wildman–Crippen MR) is 178 cm³/mol. The first-order chi connectivity index (χ1) is 19.0. The Bertz CT molecular complexity index is 1510. The van der Waals surface area contributed by atoms with Gasteiger partial charge in [-0.25, -0.2) is 0 Å². The van der Waals surface area contributed by atoms with Gasteiger partial charge in [0.15, 0.2) is 0 Å². The molecule has 0 aliphatic carbocycles. The molecule has 0 fully saturated rings. The average molecular weight is 652 g/mol. The third kappa shape index (κ3) is 5.81. The Labute approximate surface area is 243 Å². The molecule has 0 bridgehead atoms. The fourth-order valence-electron chi connectivity index (χ4n) is 4.74. The summed E-state index contributed by atoms with van der Waals surface area (Å²) < 4.78 is 11.9. The van der Waals surface area contributed by atoms with E-state index in [0.717, 1.165) is 37.8 Å². The molecule has 0 spiro atoms. The third-order valence-corrected chi connectivity index (χ3v) is 11.7. The van der Waals surface area contributed by atoms with Gasteiger partial charge in [0.25, 0.3) is 0 Å². The molecule has 0 amide bonds. The Morgan fingerprint density at radius 2 is 1.38 bits per heavy atom. The molecule has 0 saturated heterocycles. The number of halogens is 1. The number of ether oxygens (including phenoxy) is 1. The monoisotopic (exact) mass is 651 g/mol. The van der Waals surface area contributed by atoms with E-state index in [9.17, 15) is 0 Å². The van der Waals surface area contributed by atoms with Gasteiger partial charge in [0.2, 0.25) is 5.85 Å². The standard InChI is InChI=1S/C31H38IN7O/c1-5-32(39-6-2)23-13-11-21(12-14-23)20-7-9-22(10-8-20)25-16-18(3)27(30(36)29(25)35)31(37,38)40-24-15-19(4)28(34)26(33)17-24/h6-17,39H,2,5,33-38H2,1,3-4H3. The minimum absolute atomic E-state index is 0.267. The molecule has 0 atom stereocenters. The number of nitrogen functional groups attached to an aromatic ring is 4. The molecule has 40 heavy (non-hydrogen) atoms. The van der Waals surface area contributed by atoms with Gasteiger partial charge in [-0.15, -0.1) is 0 Å². The van der Waals surface area contributed by atoms with Crippen molar-refractivity contribution in [2.24, 2.45) is 11.5 Å². The molecule has 0 aliphatic heterocycles. The number of benzene rings is 4. The fraction of sp³-hybridized carbons (Fsp3) is 0.161. The van der Waals surface area contributed by atoms with Gasteiger partial charge in [-0.3, -0.25) is 11.5 Å². The summed E-state index contributed by atoms with van der Waals surface area (Å²) in [6.07, 6.45) is 1.80. The second-order valence-electron chi connectivity index (χ2n) is 9.61. The Morgan fingerprint density at radius 3 is 1.93 bits per heavy atom. The zero-order valence-electron chi connectivity index (χ0n) is 23.1. The number of hydrogen-bond acceptors (Lipinski definition) is 8. The summed E-state index contributed by atoms with van der Waals surface area (Å²) >= 11 is -1.41. The first-order valence-corrected chi connectivity index (χ1v) is 16.5. The van der Waals surface area contributed by atoms with Crippen molar-refractivity contribution >= 4 is 42.8 Å². The molecule has 0 heterocycles. The molecule has 0 aliphatic rings. The Kier molecular flexibility index (Phi) is 8.48. The van der Waals surface area contributed by atoms with Crippen molar-refractivity contribution in [3.8, 4) is 28.0 Å². The van der Waals surface area contributed by atoms with E-state index < -0.39 is 25.9 Å². The van der Waals surface area contributed by atoms with E-state index >= 15 is 0 Å². The van der Waals surface area contributed by atoms with Crippen molar-refractivity contribution in [3.05, 3.63) is 99.8 Å². The normalized spacial score (nSPS) is 11.7. The SMILES string of the molecule is C=CNI(CC)c1ccc(-c2ccc(-c3cc(C)c(C(N)(N)Oc4cc(C)c(N)c(N)c4)c(N)c3N)cc2)cc1. The van der Waals surface area contributed by atoms with Gasteiger partial charge >= 0.3 is 169 Å². The molecule has 0 unspecified atom stereocenters. The summed E-state index contributed by atoms with van der Waals surface area (Å²) in [5.74, 6) is -1.38. The van der Waals surface area contributed by atoms with Gasteiger partial charge in [-0.2, -0.15) is 0 Å². The Morgan fingerprint density at radius 1 is 0.800 bits per heavy atom. The summed E-state index contributed by atoms with van der Waals surface area (Å²) in [6, 6.07) is 22.2. The second kappa shape index (κ2) is 11.7. The molecule has 0 radical (unpaired) electrons. The van der Waals surface area contributed by atoms with Crippen molar-refractivity contribution in [3.63, 3.8) is 0 Å². The van der Waals surface area contributed by atoms with Crippen LogP contribution >= 0.6 is 20.1 Å². The van der Waals surface area contributed by atoms with Crippen LogP contribution in [-0.2, 0) is 5.85 Å². The zero-order chi connectivity index (χ0) is 29.2. The van der Waals surface area contributed by atoms with Crippen LogP contribution in [0.2, 0.25) is 0 Å². The van der Waals surface area contributed by atoms with E-state index in [1.807, 2.05) is 32.0 Å². The predicted octanol–water partition coefficient (Wildman–Crippen LogP) is 5.42. The van der Waals surface area contributed by atoms with E-state index in [0.29, 0.717) is 28.4 Å². The molecule has 8 nitrogen and oxygen atoms in total. The first kappa shape index (κ1) is 29.1.